The number of hydrogen-bond acceptors (Lipinski definition) is 2. The van der Waals surface area contributed by atoms with E-state index in [0.717, 1.165) is 32.1 Å². The predicted octanol–water partition coefficient (Wildman–Crippen LogP) is 6.24. The quantitative estimate of drug-likeness (QED) is 0.659. The Bertz CT molecular complexity index is 611. The highest BCUT2D eigenvalue weighted by atomic mass is 16.5. The third-order valence-corrected chi connectivity index (χ3v) is 5.12. The Balaban J connectivity index is 1.88. The van der Waals surface area contributed by atoms with E-state index in [9.17, 15) is 0 Å². The van der Waals surface area contributed by atoms with E-state index in [-0.39, 0.29) is 18.3 Å². The maximum absolute atomic E-state index is 6.57. The number of ether oxygens (including phenoxy) is 2. The lowest BCUT2D eigenvalue weighted by atomic mass is 9.96. The van der Waals surface area contributed by atoms with E-state index in [1.54, 1.807) is 0 Å². The normalized spacial score (nSPS) is 28.4. The molecule has 2 aromatic rings. The third kappa shape index (κ3) is 5.17. The highest BCUT2D eigenvalue weighted by Gasteiger charge is 2.26. The van der Waals surface area contributed by atoms with Crippen molar-refractivity contribution in [1.29, 1.82) is 0 Å². The van der Waals surface area contributed by atoms with Crippen LogP contribution in [0.1, 0.15) is 69.3 Å². The van der Waals surface area contributed by atoms with Crippen LogP contribution < -0.4 is 0 Å². The van der Waals surface area contributed by atoms with Crippen LogP contribution in [0.25, 0.3) is 0 Å². The minimum Gasteiger partial charge on any atom is -0.370 e. The molecule has 0 amide bonds. The molecule has 1 saturated heterocycles. The van der Waals surface area contributed by atoms with E-state index in [4.69, 9.17) is 9.47 Å². The summed E-state index contributed by atoms with van der Waals surface area (Å²) in [5.41, 5.74) is 2.49. The molecule has 0 spiro atoms. The molecule has 134 valence electrons. The van der Waals surface area contributed by atoms with Gasteiger partial charge in [0.1, 0.15) is 0 Å². The van der Waals surface area contributed by atoms with Crippen molar-refractivity contribution in [2.45, 2.75) is 70.4 Å². The second kappa shape index (κ2) is 9.17. The maximum atomic E-state index is 6.57. The van der Waals surface area contributed by atoms with Crippen molar-refractivity contribution in [3.63, 3.8) is 0 Å². The van der Waals surface area contributed by atoms with Crippen LogP contribution in [0.15, 0.2) is 60.7 Å². The van der Waals surface area contributed by atoms with Crippen LogP contribution in [0.4, 0.5) is 0 Å². The molecule has 0 radical (unpaired) electrons. The summed E-state index contributed by atoms with van der Waals surface area (Å²) in [6, 6.07) is 21.2. The first-order valence-corrected chi connectivity index (χ1v) is 9.67. The molecule has 4 atom stereocenters. The van der Waals surface area contributed by atoms with Gasteiger partial charge in [0.25, 0.3) is 0 Å². The van der Waals surface area contributed by atoms with Gasteiger partial charge in [0.05, 0.1) is 24.4 Å². The van der Waals surface area contributed by atoms with Crippen molar-refractivity contribution >= 4 is 0 Å². The fraction of sp³-hybridized carbons (Fsp3) is 0.478. The Morgan fingerprint density at radius 3 is 1.92 bits per heavy atom. The van der Waals surface area contributed by atoms with Crippen molar-refractivity contribution in [2.75, 3.05) is 0 Å². The van der Waals surface area contributed by atoms with Crippen LogP contribution in [0.5, 0.6) is 0 Å². The first-order valence-electron chi connectivity index (χ1n) is 9.67. The van der Waals surface area contributed by atoms with Gasteiger partial charge in [-0.15, -0.1) is 0 Å². The van der Waals surface area contributed by atoms with Crippen LogP contribution >= 0.6 is 0 Å². The van der Waals surface area contributed by atoms with Gasteiger partial charge in [-0.1, -0.05) is 67.6 Å². The minimum absolute atomic E-state index is 0.0667. The molecule has 1 heterocycles. The van der Waals surface area contributed by atoms with Gasteiger partial charge in [0.2, 0.25) is 0 Å². The van der Waals surface area contributed by atoms with E-state index < -0.39 is 0 Å². The summed E-state index contributed by atoms with van der Waals surface area (Å²) in [4.78, 5) is 0. The molecule has 3 rings (SSSR count). The Morgan fingerprint density at radius 1 is 0.800 bits per heavy atom. The van der Waals surface area contributed by atoms with Gasteiger partial charge in [-0.05, 0) is 43.7 Å². The molecule has 2 heteroatoms. The molecule has 2 nitrogen and oxygen atoms in total. The molecule has 1 fully saturated rings. The molecule has 0 bridgehead atoms. The van der Waals surface area contributed by atoms with Crippen LogP contribution in [-0.2, 0) is 9.47 Å². The standard InChI is InChI=1S/C23H30O2/c1-3-21-16-10-11-18(2)24-22(19-12-6-4-7-13-19)17-23(25-21)20-14-8-5-9-15-20/h4-9,12-15,18,21-23H,3,10-11,16-17H2,1-2H3/t18-,21-,22-,23-/m0/s1. The van der Waals surface area contributed by atoms with Gasteiger partial charge < -0.3 is 9.47 Å². The Kier molecular flexibility index (Phi) is 6.66. The summed E-state index contributed by atoms with van der Waals surface area (Å²) in [7, 11) is 0. The Hall–Kier alpha value is -1.64. The van der Waals surface area contributed by atoms with E-state index >= 15 is 0 Å². The third-order valence-electron chi connectivity index (χ3n) is 5.12. The summed E-state index contributed by atoms with van der Waals surface area (Å²) in [5, 5.41) is 0. The lowest BCUT2D eigenvalue weighted by molar-refractivity contribution is -0.0865. The molecular formula is C23H30O2. The molecule has 0 aliphatic carbocycles. The van der Waals surface area contributed by atoms with Crippen molar-refractivity contribution in [2.24, 2.45) is 0 Å². The first-order chi connectivity index (χ1) is 12.3. The van der Waals surface area contributed by atoms with Gasteiger partial charge in [-0.2, -0.15) is 0 Å². The van der Waals surface area contributed by atoms with E-state index in [1.165, 1.54) is 11.1 Å². The molecule has 1 aliphatic rings. The number of benzene rings is 2. The molecule has 25 heavy (non-hydrogen) atoms. The van der Waals surface area contributed by atoms with Crippen molar-refractivity contribution in [3.8, 4) is 0 Å². The second-order valence-electron chi connectivity index (χ2n) is 7.08. The number of hydrogen-bond donors (Lipinski definition) is 0. The topological polar surface area (TPSA) is 18.5 Å². The lowest BCUT2D eigenvalue weighted by Gasteiger charge is -2.32. The van der Waals surface area contributed by atoms with Gasteiger partial charge in [0.15, 0.2) is 0 Å². The van der Waals surface area contributed by atoms with Gasteiger partial charge in [0, 0.05) is 6.42 Å². The van der Waals surface area contributed by atoms with Gasteiger partial charge in [-0.25, -0.2) is 0 Å². The summed E-state index contributed by atoms with van der Waals surface area (Å²) in [5.74, 6) is 0. The average molecular weight is 338 g/mol. The van der Waals surface area contributed by atoms with E-state index in [1.807, 2.05) is 0 Å². The molecule has 0 unspecified atom stereocenters. The predicted molar refractivity (Wildman–Crippen MR) is 103 cm³/mol. The van der Waals surface area contributed by atoms with Gasteiger partial charge in [-0.3, -0.25) is 0 Å². The fourth-order valence-electron chi connectivity index (χ4n) is 3.65. The second-order valence-corrected chi connectivity index (χ2v) is 7.08. The highest BCUT2D eigenvalue weighted by molar-refractivity contribution is 5.21. The Morgan fingerprint density at radius 2 is 1.36 bits per heavy atom. The largest absolute Gasteiger partial charge is 0.370 e. The zero-order valence-corrected chi connectivity index (χ0v) is 15.4. The summed E-state index contributed by atoms with van der Waals surface area (Å²) >= 11 is 0. The molecular weight excluding hydrogens is 308 g/mol. The molecule has 0 aromatic heterocycles. The summed E-state index contributed by atoms with van der Waals surface area (Å²) < 4.78 is 13.0. The summed E-state index contributed by atoms with van der Waals surface area (Å²) in [6.07, 6.45) is 6.03. The minimum atomic E-state index is 0.0667. The van der Waals surface area contributed by atoms with Crippen LogP contribution in [0.3, 0.4) is 0 Å². The molecule has 0 N–H and O–H groups in total. The SMILES string of the molecule is CC[C@H]1CCC[C@H](C)O[C@H](c2ccccc2)C[C@@H](c2ccccc2)O1. The van der Waals surface area contributed by atoms with Crippen molar-refractivity contribution in [1.82, 2.24) is 0 Å². The lowest BCUT2D eigenvalue weighted by Crippen LogP contribution is -2.23. The van der Waals surface area contributed by atoms with E-state index in [0.29, 0.717) is 6.10 Å². The average Bonchev–Trinajstić information content (AvgIpc) is 2.67. The zero-order chi connectivity index (χ0) is 17.5. The van der Waals surface area contributed by atoms with Crippen LogP contribution in [-0.4, -0.2) is 12.2 Å². The van der Waals surface area contributed by atoms with Crippen molar-refractivity contribution < 1.29 is 9.47 Å². The maximum Gasteiger partial charge on any atom is 0.0856 e. The smallest absolute Gasteiger partial charge is 0.0856 e. The first kappa shape index (κ1) is 18.2. The molecule has 2 aromatic carbocycles. The Labute approximate surface area is 152 Å². The monoisotopic (exact) mass is 338 g/mol. The van der Waals surface area contributed by atoms with Crippen LogP contribution in [0.2, 0.25) is 0 Å². The number of rotatable bonds is 3. The molecule has 0 saturated carbocycles. The summed E-state index contributed by atoms with van der Waals surface area (Å²) in [6.45, 7) is 4.43. The van der Waals surface area contributed by atoms with Crippen molar-refractivity contribution in [3.05, 3.63) is 71.8 Å². The fourth-order valence-corrected chi connectivity index (χ4v) is 3.65. The van der Waals surface area contributed by atoms with Gasteiger partial charge >= 0.3 is 0 Å². The van der Waals surface area contributed by atoms with E-state index in [2.05, 4.69) is 74.5 Å². The molecule has 1 aliphatic heterocycles. The highest BCUT2D eigenvalue weighted by Crippen LogP contribution is 2.36. The van der Waals surface area contributed by atoms with Crippen LogP contribution in [0, 0.1) is 0 Å². The zero-order valence-electron chi connectivity index (χ0n) is 15.4.